The van der Waals surface area contributed by atoms with Crippen LogP contribution in [0.2, 0.25) is 0 Å². The van der Waals surface area contributed by atoms with Crippen LogP contribution in [-0.2, 0) is 0 Å². The molecule has 0 spiro atoms. The summed E-state index contributed by atoms with van der Waals surface area (Å²) < 4.78 is 0. The van der Waals surface area contributed by atoms with Crippen LogP contribution < -0.4 is 0 Å². The number of fused-ring (bicyclic) bond motifs is 3. The molecule has 2 aromatic carbocycles. The van der Waals surface area contributed by atoms with E-state index in [-0.39, 0.29) is 11.6 Å². The van der Waals surface area contributed by atoms with E-state index in [1.165, 1.54) is 12.2 Å². The summed E-state index contributed by atoms with van der Waals surface area (Å²) in [5.74, 6) is -0.182. The van der Waals surface area contributed by atoms with Gasteiger partial charge in [0.05, 0.1) is 0 Å². The van der Waals surface area contributed by atoms with E-state index in [0.29, 0.717) is 11.1 Å². The molecule has 3 rings (SSSR count). The Morgan fingerprint density at radius 2 is 1.59 bits per heavy atom. The minimum atomic E-state index is -0.0944. The zero-order valence-electron chi connectivity index (χ0n) is 9.36. The fourth-order valence-corrected chi connectivity index (χ4v) is 2.23. The summed E-state index contributed by atoms with van der Waals surface area (Å²) >= 11 is 0. The number of benzene rings is 2. The number of carbonyl (C=O) groups excluding carboxylic acids is 2. The number of hydrogen-bond donors (Lipinski definition) is 0. The lowest BCUT2D eigenvalue weighted by Gasteiger charge is -2.12. The third-order valence-corrected chi connectivity index (χ3v) is 3.07. The van der Waals surface area contributed by atoms with E-state index in [4.69, 9.17) is 0 Å². The van der Waals surface area contributed by atoms with Crippen molar-refractivity contribution in [2.24, 2.45) is 0 Å². The van der Waals surface area contributed by atoms with Crippen LogP contribution in [0.15, 0.2) is 42.5 Å². The van der Waals surface area contributed by atoms with Crippen molar-refractivity contribution in [2.75, 3.05) is 0 Å². The summed E-state index contributed by atoms with van der Waals surface area (Å²) in [6.07, 6.45) is 2.69. The van der Waals surface area contributed by atoms with Gasteiger partial charge in [0, 0.05) is 11.1 Å². The number of hydrogen-bond acceptors (Lipinski definition) is 2. The normalized spacial score (nSPS) is 14.2. The molecule has 2 heteroatoms. The van der Waals surface area contributed by atoms with Crippen molar-refractivity contribution in [3.8, 4) is 0 Å². The molecule has 17 heavy (non-hydrogen) atoms. The largest absolute Gasteiger partial charge is 0.289 e. The average molecular weight is 222 g/mol. The molecule has 0 unspecified atom stereocenters. The molecule has 0 N–H and O–H groups in total. The van der Waals surface area contributed by atoms with Gasteiger partial charge in [0.15, 0.2) is 11.6 Å². The molecule has 0 fully saturated rings. The van der Waals surface area contributed by atoms with Crippen molar-refractivity contribution in [2.45, 2.75) is 6.92 Å². The molecule has 1 aliphatic carbocycles. The molecule has 0 atom stereocenters. The molecule has 82 valence electrons. The number of carbonyl (C=O) groups is 2. The van der Waals surface area contributed by atoms with Gasteiger partial charge in [-0.25, -0.2) is 0 Å². The Morgan fingerprint density at radius 3 is 2.41 bits per heavy atom. The zero-order chi connectivity index (χ0) is 12.0. The van der Waals surface area contributed by atoms with Crippen LogP contribution in [0.4, 0.5) is 0 Å². The van der Waals surface area contributed by atoms with Gasteiger partial charge in [-0.1, -0.05) is 29.8 Å². The van der Waals surface area contributed by atoms with Crippen LogP contribution in [0.1, 0.15) is 26.3 Å². The minimum Gasteiger partial charge on any atom is -0.289 e. The fourth-order valence-electron chi connectivity index (χ4n) is 2.23. The van der Waals surface area contributed by atoms with Crippen molar-refractivity contribution in [3.63, 3.8) is 0 Å². The number of aryl methyl sites for hydroxylation is 1. The van der Waals surface area contributed by atoms with Gasteiger partial charge in [-0.3, -0.25) is 9.59 Å². The molecular weight excluding hydrogens is 212 g/mol. The van der Waals surface area contributed by atoms with E-state index in [9.17, 15) is 9.59 Å². The number of rotatable bonds is 0. The van der Waals surface area contributed by atoms with Crippen molar-refractivity contribution < 1.29 is 9.59 Å². The van der Waals surface area contributed by atoms with Gasteiger partial charge in [-0.2, -0.15) is 0 Å². The second-order valence-electron chi connectivity index (χ2n) is 4.27. The van der Waals surface area contributed by atoms with Gasteiger partial charge < -0.3 is 0 Å². The molecule has 0 saturated heterocycles. The third kappa shape index (κ3) is 1.41. The summed E-state index contributed by atoms with van der Waals surface area (Å²) in [6.45, 7) is 1.98. The predicted molar refractivity (Wildman–Crippen MR) is 66.5 cm³/mol. The molecule has 0 bridgehead atoms. The SMILES string of the molecule is Cc1ccc2ccc3c(c2c1)C(=O)C=CC3=O. The van der Waals surface area contributed by atoms with Gasteiger partial charge in [-0.15, -0.1) is 0 Å². The Morgan fingerprint density at radius 1 is 0.882 bits per heavy atom. The van der Waals surface area contributed by atoms with Crippen LogP contribution in [0.3, 0.4) is 0 Å². The summed E-state index contributed by atoms with van der Waals surface area (Å²) in [4.78, 5) is 23.6. The molecule has 1 aliphatic rings. The predicted octanol–water partition coefficient (Wildman–Crippen LogP) is 3.08. The first-order chi connectivity index (χ1) is 8.16. The van der Waals surface area contributed by atoms with Crippen molar-refractivity contribution in [1.82, 2.24) is 0 Å². The van der Waals surface area contributed by atoms with Gasteiger partial charge in [-0.05, 0) is 35.9 Å². The van der Waals surface area contributed by atoms with Crippen molar-refractivity contribution in [1.29, 1.82) is 0 Å². The Balaban J connectivity index is 2.47. The highest BCUT2D eigenvalue weighted by Crippen LogP contribution is 2.27. The molecule has 0 aromatic heterocycles. The Hall–Kier alpha value is -2.22. The summed E-state index contributed by atoms with van der Waals surface area (Å²) in [7, 11) is 0. The van der Waals surface area contributed by atoms with Gasteiger partial charge in [0.1, 0.15) is 0 Å². The number of ketones is 2. The monoisotopic (exact) mass is 222 g/mol. The minimum absolute atomic E-state index is 0.0872. The lowest BCUT2D eigenvalue weighted by atomic mass is 9.89. The Bertz CT molecular complexity index is 693. The maximum Gasteiger partial charge on any atom is 0.187 e. The van der Waals surface area contributed by atoms with Crippen LogP contribution in [0.5, 0.6) is 0 Å². The summed E-state index contributed by atoms with van der Waals surface area (Å²) in [5.41, 5.74) is 2.13. The standard InChI is InChI=1S/C15H10O2/c1-9-2-3-10-4-5-11-13(16)6-7-14(17)15(11)12(10)8-9/h2-8H,1H3. The highest BCUT2D eigenvalue weighted by atomic mass is 16.1. The molecule has 0 saturated carbocycles. The molecular formula is C15H10O2. The molecule has 0 aliphatic heterocycles. The Labute approximate surface area is 98.6 Å². The van der Waals surface area contributed by atoms with Crippen LogP contribution in [0.25, 0.3) is 10.8 Å². The first-order valence-electron chi connectivity index (χ1n) is 5.47. The third-order valence-electron chi connectivity index (χ3n) is 3.07. The highest BCUT2D eigenvalue weighted by Gasteiger charge is 2.21. The van der Waals surface area contributed by atoms with Crippen LogP contribution >= 0.6 is 0 Å². The van der Waals surface area contributed by atoms with Gasteiger partial charge in [0.2, 0.25) is 0 Å². The lowest BCUT2D eigenvalue weighted by Crippen LogP contribution is -2.11. The van der Waals surface area contributed by atoms with Crippen molar-refractivity contribution >= 4 is 22.3 Å². The van der Waals surface area contributed by atoms with E-state index in [1.807, 2.05) is 31.2 Å². The maximum absolute atomic E-state index is 11.9. The lowest BCUT2D eigenvalue weighted by molar-refractivity contribution is 0.0995. The summed E-state index contributed by atoms with van der Waals surface area (Å²) in [6, 6.07) is 9.55. The van der Waals surface area contributed by atoms with Gasteiger partial charge in [0.25, 0.3) is 0 Å². The maximum atomic E-state index is 11.9. The fraction of sp³-hybridized carbons (Fsp3) is 0.0667. The zero-order valence-corrected chi connectivity index (χ0v) is 9.36. The van der Waals surface area contributed by atoms with E-state index in [1.54, 1.807) is 6.07 Å². The second kappa shape index (κ2) is 3.39. The van der Waals surface area contributed by atoms with Gasteiger partial charge >= 0.3 is 0 Å². The van der Waals surface area contributed by atoms with E-state index in [0.717, 1.165) is 16.3 Å². The molecule has 0 radical (unpaired) electrons. The second-order valence-corrected chi connectivity index (χ2v) is 4.27. The first-order valence-corrected chi connectivity index (χ1v) is 5.47. The quantitative estimate of drug-likeness (QED) is 0.686. The van der Waals surface area contributed by atoms with Crippen molar-refractivity contribution in [3.05, 3.63) is 59.2 Å². The average Bonchev–Trinajstić information content (AvgIpc) is 2.33. The highest BCUT2D eigenvalue weighted by molar-refractivity contribution is 6.26. The molecule has 2 nitrogen and oxygen atoms in total. The van der Waals surface area contributed by atoms with E-state index >= 15 is 0 Å². The smallest absolute Gasteiger partial charge is 0.187 e. The van der Waals surface area contributed by atoms with Crippen LogP contribution in [-0.4, -0.2) is 11.6 Å². The Kier molecular flexibility index (Phi) is 1.99. The molecule has 2 aromatic rings. The summed E-state index contributed by atoms with van der Waals surface area (Å²) in [5, 5.41) is 1.86. The van der Waals surface area contributed by atoms with Crippen LogP contribution in [0, 0.1) is 6.92 Å². The van der Waals surface area contributed by atoms with E-state index < -0.39 is 0 Å². The topological polar surface area (TPSA) is 34.1 Å². The first kappa shape index (κ1) is 9.97. The number of allylic oxidation sites excluding steroid dienone is 2. The molecule has 0 heterocycles. The molecule has 0 amide bonds. The van der Waals surface area contributed by atoms with E-state index in [2.05, 4.69) is 0 Å².